The van der Waals surface area contributed by atoms with E-state index >= 15 is 0 Å². The maximum Gasteiger partial charge on any atom is 0.251 e. The lowest BCUT2D eigenvalue weighted by Crippen LogP contribution is -2.21. The van der Waals surface area contributed by atoms with Gasteiger partial charge in [0.1, 0.15) is 12.4 Å². The van der Waals surface area contributed by atoms with E-state index in [1.54, 1.807) is 36.2 Å². The summed E-state index contributed by atoms with van der Waals surface area (Å²) in [4.78, 5) is 11.8. The number of nitrogens with one attached hydrogen (secondary N) is 1. The monoisotopic (exact) mass is 357 g/mol. The number of rotatable bonds is 8. The molecule has 0 aliphatic heterocycles. The van der Waals surface area contributed by atoms with Crippen molar-refractivity contribution in [3.05, 3.63) is 46.1 Å². The van der Waals surface area contributed by atoms with Gasteiger partial charge in [-0.1, -0.05) is 29.3 Å². The number of aromatic nitrogens is 2. The van der Waals surface area contributed by atoms with Gasteiger partial charge in [0.15, 0.2) is 0 Å². The smallest absolute Gasteiger partial charge is 0.251 e. The minimum Gasteiger partial charge on any atom is -0.382 e. The fourth-order valence-electron chi connectivity index (χ4n) is 1.86. The van der Waals surface area contributed by atoms with Crippen LogP contribution in [0.1, 0.15) is 5.56 Å². The molecule has 1 heterocycles. The molecule has 1 aromatic carbocycles. The SMILES string of the molecule is COCCOCC(=O)Nc1ccnn1Cc1ccc(Cl)cc1Cl. The van der Waals surface area contributed by atoms with Crippen LogP contribution in [0.5, 0.6) is 0 Å². The first kappa shape index (κ1) is 17.7. The van der Waals surface area contributed by atoms with Crippen LogP contribution in [0.25, 0.3) is 0 Å². The summed E-state index contributed by atoms with van der Waals surface area (Å²) < 4.78 is 11.7. The second-order valence-electron chi connectivity index (χ2n) is 4.70. The fraction of sp³-hybridized carbons (Fsp3) is 0.333. The van der Waals surface area contributed by atoms with Crippen molar-refractivity contribution in [3.8, 4) is 0 Å². The van der Waals surface area contributed by atoms with Gasteiger partial charge in [-0.05, 0) is 17.7 Å². The van der Waals surface area contributed by atoms with Crippen molar-refractivity contribution in [1.82, 2.24) is 9.78 Å². The molecule has 6 nitrogen and oxygen atoms in total. The zero-order valence-corrected chi connectivity index (χ0v) is 14.1. The van der Waals surface area contributed by atoms with Crippen molar-refractivity contribution in [1.29, 1.82) is 0 Å². The molecule has 0 spiro atoms. The lowest BCUT2D eigenvalue weighted by Gasteiger charge is -2.10. The van der Waals surface area contributed by atoms with Crippen LogP contribution in [0.3, 0.4) is 0 Å². The van der Waals surface area contributed by atoms with Gasteiger partial charge in [-0.2, -0.15) is 5.10 Å². The van der Waals surface area contributed by atoms with E-state index in [4.69, 9.17) is 32.7 Å². The predicted octanol–water partition coefficient (Wildman–Crippen LogP) is 2.84. The molecule has 0 atom stereocenters. The van der Waals surface area contributed by atoms with E-state index in [2.05, 4.69) is 10.4 Å². The molecule has 0 saturated carbocycles. The Hall–Kier alpha value is -1.60. The molecule has 0 aliphatic rings. The van der Waals surface area contributed by atoms with Crippen LogP contribution in [-0.4, -0.2) is 42.6 Å². The fourth-order valence-corrected chi connectivity index (χ4v) is 2.33. The predicted molar refractivity (Wildman–Crippen MR) is 89.1 cm³/mol. The van der Waals surface area contributed by atoms with E-state index in [1.165, 1.54) is 0 Å². The van der Waals surface area contributed by atoms with Crippen LogP contribution >= 0.6 is 23.2 Å². The van der Waals surface area contributed by atoms with Crippen LogP contribution < -0.4 is 5.32 Å². The van der Waals surface area contributed by atoms with Crippen LogP contribution in [-0.2, 0) is 20.8 Å². The second kappa shape index (κ2) is 8.88. The first-order valence-electron chi connectivity index (χ1n) is 6.92. The summed E-state index contributed by atoms with van der Waals surface area (Å²) in [7, 11) is 1.57. The first-order valence-corrected chi connectivity index (χ1v) is 7.68. The van der Waals surface area contributed by atoms with Gasteiger partial charge in [-0.3, -0.25) is 4.79 Å². The topological polar surface area (TPSA) is 65.4 Å². The molecule has 2 aromatic rings. The van der Waals surface area contributed by atoms with Gasteiger partial charge in [0, 0.05) is 23.2 Å². The Morgan fingerprint density at radius 3 is 2.87 bits per heavy atom. The number of hydrogen-bond acceptors (Lipinski definition) is 4. The average Bonchev–Trinajstić information content (AvgIpc) is 2.93. The number of carbonyl (C=O) groups excluding carboxylic acids is 1. The van der Waals surface area contributed by atoms with Crippen molar-refractivity contribution in [2.45, 2.75) is 6.54 Å². The van der Waals surface area contributed by atoms with Crippen molar-refractivity contribution in [3.63, 3.8) is 0 Å². The quantitative estimate of drug-likeness (QED) is 0.737. The molecule has 0 radical (unpaired) electrons. The highest BCUT2D eigenvalue weighted by Crippen LogP contribution is 2.22. The molecule has 1 N–H and O–H groups in total. The standard InChI is InChI=1S/C15H17Cl2N3O3/c1-22-6-7-23-10-15(21)19-14-4-5-18-20(14)9-11-2-3-12(16)8-13(11)17/h2-5,8H,6-7,9-10H2,1H3,(H,19,21). The highest BCUT2D eigenvalue weighted by Gasteiger charge is 2.10. The van der Waals surface area contributed by atoms with Crippen LogP contribution in [0.15, 0.2) is 30.5 Å². The molecule has 0 unspecified atom stereocenters. The Labute approximate surface area is 144 Å². The number of hydrogen-bond donors (Lipinski definition) is 1. The van der Waals surface area contributed by atoms with Crippen LogP contribution in [0.4, 0.5) is 5.82 Å². The summed E-state index contributed by atoms with van der Waals surface area (Å²) in [5.41, 5.74) is 0.853. The van der Waals surface area contributed by atoms with Crippen LogP contribution in [0.2, 0.25) is 10.0 Å². The first-order chi connectivity index (χ1) is 11.1. The Balaban J connectivity index is 1.95. The Morgan fingerprint density at radius 2 is 2.13 bits per heavy atom. The van der Waals surface area contributed by atoms with Gasteiger partial charge in [0.25, 0.3) is 5.91 Å². The maximum absolute atomic E-state index is 11.8. The minimum absolute atomic E-state index is 0.0454. The number of amides is 1. The molecule has 1 amide bonds. The number of methoxy groups -OCH3 is 1. The summed E-state index contributed by atoms with van der Waals surface area (Å²) in [6.45, 7) is 1.18. The number of halogens is 2. The molecule has 2 rings (SSSR count). The third-order valence-electron chi connectivity index (χ3n) is 2.98. The van der Waals surface area contributed by atoms with Gasteiger partial charge >= 0.3 is 0 Å². The number of ether oxygens (including phenoxy) is 2. The normalized spacial score (nSPS) is 10.7. The van der Waals surface area contributed by atoms with Gasteiger partial charge in [-0.15, -0.1) is 0 Å². The highest BCUT2D eigenvalue weighted by molar-refractivity contribution is 6.35. The van der Waals surface area contributed by atoms with Gasteiger partial charge in [-0.25, -0.2) is 4.68 Å². The Morgan fingerprint density at radius 1 is 1.30 bits per heavy atom. The number of benzene rings is 1. The zero-order valence-electron chi connectivity index (χ0n) is 12.6. The molecular formula is C15H17Cl2N3O3. The summed E-state index contributed by atoms with van der Waals surface area (Å²) in [5.74, 6) is 0.307. The molecular weight excluding hydrogens is 341 g/mol. The second-order valence-corrected chi connectivity index (χ2v) is 5.55. The largest absolute Gasteiger partial charge is 0.382 e. The molecule has 23 heavy (non-hydrogen) atoms. The van der Waals surface area contributed by atoms with Gasteiger partial charge in [0.05, 0.1) is 26.0 Å². The third kappa shape index (κ3) is 5.51. The van der Waals surface area contributed by atoms with Gasteiger partial charge in [0.2, 0.25) is 0 Å². The lowest BCUT2D eigenvalue weighted by molar-refractivity contribution is -0.121. The van der Waals surface area contributed by atoms with Crippen molar-refractivity contribution in [2.24, 2.45) is 0 Å². The van der Waals surface area contributed by atoms with E-state index in [1.807, 2.05) is 6.07 Å². The Kier molecular flexibility index (Phi) is 6.85. The summed E-state index contributed by atoms with van der Waals surface area (Å²) in [5, 5.41) is 8.05. The average molecular weight is 358 g/mol. The zero-order chi connectivity index (χ0) is 16.7. The highest BCUT2D eigenvalue weighted by atomic mass is 35.5. The minimum atomic E-state index is -0.259. The lowest BCUT2D eigenvalue weighted by atomic mass is 10.2. The van der Waals surface area contributed by atoms with E-state index in [0.717, 1.165) is 5.56 Å². The molecule has 8 heteroatoms. The summed E-state index contributed by atoms with van der Waals surface area (Å²) in [6, 6.07) is 6.96. The molecule has 0 saturated heterocycles. The third-order valence-corrected chi connectivity index (χ3v) is 3.57. The number of nitrogens with zero attached hydrogens (tertiary/aromatic N) is 2. The van der Waals surface area contributed by atoms with E-state index < -0.39 is 0 Å². The van der Waals surface area contributed by atoms with Gasteiger partial charge < -0.3 is 14.8 Å². The van der Waals surface area contributed by atoms with Crippen molar-refractivity contribution >= 4 is 34.9 Å². The van der Waals surface area contributed by atoms with E-state index in [0.29, 0.717) is 35.6 Å². The molecule has 124 valence electrons. The molecule has 0 fully saturated rings. The number of anilines is 1. The number of carbonyl (C=O) groups is 1. The van der Waals surface area contributed by atoms with Crippen molar-refractivity contribution < 1.29 is 14.3 Å². The maximum atomic E-state index is 11.8. The summed E-state index contributed by atoms with van der Waals surface area (Å²) >= 11 is 12.0. The Bertz CT molecular complexity index is 661. The summed E-state index contributed by atoms with van der Waals surface area (Å²) in [6.07, 6.45) is 1.60. The van der Waals surface area contributed by atoms with E-state index in [9.17, 15) is 4.79 Å². The molecule has 0 aliphatic carbocycles. The van der Waals surface area contributed by atoms with Crippen LogP contribution in [0, 0.1) is 0 Å². The molecule has 0 bridgehead atoms. The van der Waals surface area contributed by atoms with E-state index in [-0.39, 0.29) is 12.5 Å². The van der Waals surface area contributed by atoms with Crippen molar-refractivity contribution in [2.75, 3.05) is 32.2 Å². The molecule has 1 aromatic heterocycles.